The first-order valence-corrected chi connectivity index (χ1v) is 26.9. The molecule has 0 atom stereocenters. The van der Waals surface area contributed by atoms with E-state index in [1.54, 1.807) is 37.3 Å². The third kappa shape index (κ3) is 31.9. The fourth-order valence-electron chi connectivity index (χ4n) is 5.60. The maximum Gasteiger partial charge on any atom is 1.00 e. The van der Waals surface area contributed by atoms with Gasteiger partial charge in [-0.05, 0) is 67.4 Å². The number of anilines is 1. The molecule has 0 aliphatic rings. The van der Waals surface area contributed by atoms with Crippen LogP contribution in [0.4, 0.5) is 28.7 Å². The van der Waals surface area contributed by atoms with Crippen LogP contribution in [0, 0.1) is 26.8 Å². The number of aromatic nitrogens is 3. The minimum absolute atomic E-state index is 0. The van der Waals surface area contributed by atoms with Crippen LogP contribution in [0.3, 0.4) is 0 Å². The van der Waals surface area contributed by atoms with E-state index < -0.39 is 68.0 Å². The number of benzene rings is 4. The summed E-state index contributed by atoms with van der Waals surface area (Å²) in [5, 5.41) is 19.8. The second kappa shape index (κ2) is 38.7. The molecule has 1 heterocycles. The SMILES string of the molecule is O=S(=O)=O.O=S(=O)=O.[CH2-]CCOc1cc(N=Nc2c[c-]c(Cl)cc2)c(C)cc1Cc1nc(Cc2cc(C)c(N=Nc3ccc(Cl)c(S(=O)(=O)[O-])c3)cc2OCCCS(=O)(=O)[O-])nc(NCCS(=O)(=O)[O-])n1.[Na+].[Na+].[Na+].[Na+].[Na+]. The van der Waals surface area contributed by atoms with Gasteiger partial charge in [0, 0.05) is 48.4 Å². The maximum atomic E-state index is 11.7. The summed E-state index contributed by atoms with van der Waals surface area (Å²) in [6, 6.07) is 17.9. The molecule has 25 nitrogen and oxygen atoms in total. The Bertz CT molecular complexity index is 3320. The molecule has 5 aromatic rings. The van der Waals surface area contributed by atoms with Gasteiger partial charge in [-0.2, -0.15) is 37.4 Å². The molecule has 0 saturated carbocycles. The van der Waals surface area contributed by atoms with Crippen molar-refractivity contribution in [3.63, 3.8) is 0 Å². The molecule has 4 aromatic carbocycles. The van der Waals surface area contributed by atoms with E-state index in [1.807, 2.05) is 13.0 Å². The normalized spacial score (nSPS) is 10.8. The largest absolute Gasteiger partial charge is 1.00 e. The van der Waals surface area contributed by atoms with Crippen LogP contribution in [-0.4, -0.2) is 110 Å². The predicted octanol–water partition coefficient (Wildman–Crippen LogP) is -9.60. The Morgan fingerprint density at radius 1 is 0.645 bits per heavy atom. The molecule has 0 aliphatic heterocycles. The minimum atomic E-state index is -4.92. The van der Waals surface area contributed by atoms with Gasteiger partial charge in [0.15, 0.2) is 0 Å². The minimum Gasteiger partial charge on any atom is -0.748 e. The Morgan fingerprint density at radius 2 is 1.11 bits per heavy atom. The molecule has 1 N–H and O–H groups in total. The van der Waals surface area contributed by atoms with Gasteiger partial charge >= 0.3 is 169 Å². The Kier molecular flexibility index (Phi) is 40.4. The van der Waals surface area contributed by atoms with Crippen molar-refractivity contribution in [1.82, 2.24) is 15.0 Å². The number of aryl methyl sites for hydroxylation is 2. The van der Waals surface area contributed by atoms with Crippen molar-refractivity contribution in [2.24, 2.45) is 20.5 Å². The zero-order valence-corrected chi connectivity index (χ0v) is 57.3. The molecule has 0 unspecified atom stereocenters. The van der Waals surface area contributed by atoms with Crippen LogP contribution < -0.4 is 163 Å². The van der Waals surface area contributed by atoms with Crippen molar-refractivity contribution in [2.75, 3.05) is 36.6 Å². The first kappa shape index (κ1) is 79.3. The van der Waals surface area contributed by atoms with Crippen LogP contribution in [0.1, 0.15) is 46.7 Å². The molecular weight excluding hydrogens is 1200 g/mol. The molecular formula is C39H37Cl2N8Na5O17S5. The van der Waals surface area contributed by atoms with Gasteiger partial charge in [-0.15, -0.1) is 55.4 Å². The standard InChI is InChI=1S/C39H40Cl2N8O11S3.5Na.2O3S/c1-4-13-59-34-22-32(48-46-29-8-6-28(40)7-9-29)24(2)17-26(34)19-37-43-38(45-39(44-37)42-12-16-62(53,54)55)20-27-18-25(3)33(23-35(27)60-14-5-15-61(50,51)52)49-47-30-10-11-31(41)36(21-30)63(56,57)58;;;;;;2*1-4(2)3/h6,8-11,17-18,21-23H,1,4-5,12-16,19-20H2,2-3H3,(H,50,51,52)(H,53,54,55)(H,56,57,58)(H,42,43,44,45);;;;;;;/q-2;5*+1;;/p-3. The van der Waals surface area contributed by atoms with Crippen LogP contribution in [-0.2, 0) is 64.4 Å². The van der Waals surface area contributed by atoms with Crippen LogP contribution in [0.15, 0.2) is 86.0 Å². The first-order chi connectivity index (χ1) is 33.1. The fraction of sp³-hybridized carbons (Fsp3) is 0.282. The fourth-order valence-corrected chi connectivity index (χ4v) is 7.51. The molecule has 0 bridgehead atoms. The van der Waals surface area contributed by atoms with Crippen molar-refractivity contribution in [3.05, 3.63) is 118 Å². The van der Waals surface area contributed by atoms with Gasteiger partial charge in [0.05, 0.1) is 66.2 Å². The van der Waals surface area contributed by atoms with E-state index in [1.165, 1.54) is 18.2 Å². The Balaban J connectivity index is -0.00000382. The summed E-state index contributed by atoms with van der Waals surface area (Å²) in [5.41, 5.74) is 3.61. The second-order valence-corrected chi connectivity index (χ2v) is 20.0. The Morgan fingerprint density at radius 3 is 1.54 bits per heavy atom. The average molecular weight is 1240 g/mol. The summed E-state index contributed by atoms with van der Waals surface area (Å²) in [6.45, 7) is 7.10. The van der Waals surface area contributed by atoms with Gasteiger partial charge in [0.25, 0.3) is 0 Å². The monoisotopic (exact) mass is 1230 g/mol. The molecule has 76 heavy (non-hydrogen) atoms. The molecule has 1 aromatic heterocycles. The summed E-state index contributed by atoms with van der Waals surface area (Å²) < 4.78 is 166. The number of nitrogens with zero attached hydrogens (tertiary/aromatic N) is 7. The van der Waals surface area contributed by atoms with E-state index in [4.69, 9.17) is 62.9 Å². The third-order valence-electron chi connectivity index (χ3n) is 8.51. The number of rotatable bonds is 21. The molecule has 0 saturated heterocycles. The molecule has 0 amide bonds. The van der Waals surface area contributed by atoms with Crippen LogP contribution in [0.2, 0.25) is 10.0 Å². The van der Waals surface area contributed by atoms with Gasteiger partial charge in [-0.1, -0.05) is 16.6 Å². The number of ether oxygens (including phenoxy) is 2. The van der Waals surface area contributed by atoms with Crippen molar-refractivity contribution in [3.8, 4) is 11.5 Å². The van der Waals surface area contributed by atoms with Crippen molar-refractivity contribution in [2.45, 2.75) is 44.4 Å². The number of hydrogen-bond acceptors (Lipinski definition) is 25. The molecule has 0 radical (unpaired) electrons. The van der Waals surface area contributed by atoms with Crippen LogP contribution >= 0.6 is 23.2 Å². The quantitative estimate of drug-likeness (QED) is 0.0234. The average Bonchev–Trinajstić information content (AvgIpc) is 3.24. The summed E-state index contributed by atoms with van der Waals surface area (Å²) >= 11 is 11.8. The number of azo groups is 2. The van der Waals surface area contributed by atoms with E-state index in [-0.39, 0.29) is 227 Å². The van der Waals surface area contributed by atoms with E-state index >= 15 is 0 Å². The summed E-state index contributed by atoms with van der Waals surface area (Å²) in [7, 11) is -20.3. The van der Waals surface area contributed by atoms with E-state index in [9.17, 15) is 38.9 Å². The predicted molar refractivity (Wildman–Crippen MR) is 248 cm³/mol. The first-order valence-electron chi connectivity index (χ1n) is 19.6. The van der Waals surface area contributed by atoms with Gasteiger partial charge in [-0.3, -0.25) is 0 Å². The van der Waals surface area contributed by atoms with Gasteiger partial charge < -0.3 is 35.4 Å². The van der Waals surface area contributed by atoms with Crippen molar-refractivity contribution in [1.29, 1.82) is 0 Å². The van der Waals surface area contributed by atoms with Gasteiger partial charge in [0.2, 0.25) is 5.95 Å². The zero-order valence-electron chi connectivity index (χ0n) is 41.7. The smallest absolute Gasteiger partial charge is 0.748 e. The maximum absolute atomic E-state index is 11.7. The molecule has 0 aliphatic carbocycles. The van der Waals surface area contributed by atoms with Crippen molar-refractivity contribution >= 4 is 103 Å². The summed E-state index contributed by atoms with van der Waals surface area (Å²) in [4.78, 5) is 13.0. The zero-order chi connectivity index (χ0) is 53.1. The topological polar surface area (TPSA) is 393 Å². The molecule has 5 rings (SSSR count). The Hall–Kier alpha value is -0.960. The molecule has 0 fully saturated rings. The van der Waals surface area contributed by atoms with Gasteiger partial charge in [-0.25, -0.2) is 35.4 Å². The van der Waals surface area contributed by atoms with E-state index in [2.05, 4.69) is 48.7 Å². The Labute approximate surface area is 562 Å². The number of halogens is 2. The molecule has 0 spiro atoms. The molecule has 37 heteroatoms. The number of nitrogens with one attached hydrogen (secondary N) is 1. The van der Waals surface area contributed by atoms with Gasteiger partial charge in [0.1, 0.15) is 33.3 Å². The van der Waals surface area contributed by atoms with E-state index in [0.29, 0.717) is 45.3 Å². The van der Waals surface area contributed by atoms with Crippen LogP contribution in [0.5, 0.6) is 11.5 Å². The second-order valence-electron chi connectivity index (χ2n) is 14.0. The summed E-state index contributed by atoms with van der Waals surface area (Å²) in [6.07, 6.45) is 0.316. The molecule has 384 valence electrons. The summed E-state index contributed by atoms with van der Waals surface area (Å²) in [5.74, 6) is -0.535. The number of hydrogen-bond donors (Lipinski definition) is 1. The van der Waals surface area contributed by atoms with E-state index in [0.717, 1.165) is 11.6 Å². The van der Waals surface area contributed by atoms with Crippen molar-refractivity contribution < 1.29 is 221 Å². The third-order valence-corrected chi connectivity index (χ3v) is 11.6. The van der Waals surface area contributed by atoms with Crippen LogP contribution in [0.25, 0.3) is 0 Å².